The molecule has 3 N–H and O–H groups in total. The van der Waals surface area contributed by atoms with Crippen molar-refractivity contribution < 1.29 is 37.3 Å². The summed E-state index contributed by atoms with van der Waals surface area (Å²) in [4.78, 5) is 29.7. The van der Waals surface area contributed by atoms with Crippen LogP contribution in [0.3, 0.4) is 0 Å². The topological polar surface area (TPSA) is 115 Å². The number of halogens is 4. The number of carbonyl (C=O) groups excluding carboxylic acids is 2. The summed E-state index contributed by atoms with van der Waals surface area (Å²) in [6.45, 7) is 8.72. The highest BCUT2D eigenvalue weighted by molar-refractivity contribution is 6.32. The molecule has 0 aliphatic heterocycles. The summed E-state index contributed by atoms with van der Waals surface area (Å²) in [5, 5.41) is 15.1. The first-order valence-corrected chi connectivity index (χ1v) is 14.7. The molecule has 3 rings (SSSR count). The van der Waals surface area contributed by atoms with Crippen LogP contribution < -0.4 is 15.4 Å². The lowest BCUT2D eigenvalue weighted by atomic mass is 10.0. The van der Waals surface area contributed by atoms with E-state index in [2.05, 4.69) is 10.6 Å². The number of benzene rings is 2. The van der Waals surface area contributed by atoms with Crippen molar-refractivity contribution in [2.45, 2.75) is 84.5 Å². The Balaban J connectivity index is 1.68. The van der Waals surface area contributed by atoms with Crippen LogP contribution in [0.5, 0.6) is 5.75 Å². The maximum absolute atomic E-state index is 12.9. The number of nitrogens with one attached hydrogen (secondary N) is 2. The van der Waals surface area contributed by atoms with E-state index in [4.69, 9.17) is 26.1 Å². The molecule has 0 saturated heterocycles. The molecule has 0 aliphatic rings. The fourth-order valence-electron chi connectivity index (χ4n) is 4.40. The maximum Gasteiger partial charge on any atom is 0.425 e. The molecule has 44 heavy (non-hydrogen) atoms. The van der Waals surface area contributed by atoms with Gasteiger partial charge in [0.25, 0.3) is 5.91 Å². The minimum atomic E-state index is -4.56. The van der Waals surface area contributed by atoms with Crippen molar-refractivity contribution in [1.29, 1.82) is 0 Å². The quantitative estimate of drug-likeness (QED) is 0.198. The second-order valence-corrected chi connectivity index (χ2v) is 11.0. The number of nitrogens with zero attached hydrogens (tertiary/aromatic N) is 2. The SMILES string of the molecule is CCn1cc(-c2ccc(CC(CCO)NC(=O)c3ccc(OC(C)C(F)(F)F)c(Cl)c3)cc2)nc1C(C)NC(=O)OC(C)C. The predicted molar refractivity (Wildman–Crippen MR) is 161 cm³/mol. The number of aliphatic hydroxyl groups excluding tert-OH is 1. The zero-order chi connectivity index (χ0) is 32.6. The van der Waals surface area contributed by atoms with Gasteiger partial charge in [0.05, 0.1) is 22.9 Å². The van der Waals surface area contributed by atoms with Gasteiger partial charge in [0.15, 0.2) is 6.10 Å². The lowest BCUT2D eigenvalue weighted by Crippen LogP contribution is -2.37. The average Bonchev–Trinajstić information content (AvgIpc) is 3.38. The molecule has 2 aromatic carbocycles. The Morgan fingerprint density at radius 2 is 1.75 bits per heavy atom. The van der Waals surface area contributed by atoms with Gasteiger partial charge in [-0.15, -0.1) is 0 Å². The van der Waals surface area contributed by atoms with Crippen molar-refractivity contribution in [1.82, 2.24) is 20.2 Å². The van der Waals surface area contributed by atoms with Crippen LogP contribution >= 0.6 is 11.6 Å². The molecule has 0 saturated carbocycles. The zero-order valence-electron chi connectivity index (χ0n) is 25.2. The van der Waals surface area contributed by atoms with Gasteiger partial charge >= 0.3 is 12.3 Å². The number of aryl methyl sites for hydroxylation is 1. The van der Waals surface area contributed by atoms with Crippen molar-refractivity contribution in [3.63, 3.8) is 0 Å². The Morgan fingerprint density at radius 3 is 2.32 bits per heavy atom. The van der Waals surface area contributed by atoms with Crippen LogP contribution in [0.25, 0.3) is 11.3 Å². The smallest absolute Gasteiger partial charge is 0.425 e. The van der Waals surface area contributed by atoms with E-state index in [0.717, 1.165) is 23.7 Å². The highest BCUT2D eigenvalue weighted by Gasteiger charge is 2.38. The number of hydrogen-bond acceptors (Lipinski definition) is 6. The summed E-state index contributed by atoms with van der Waals surface area (Å²) in [5.41, 5.74) is 2.63. The third-order valence-electron chi connectivity index (χ3n) is 6.72. The number of rotatable bonds is 13. The molecule has 3 atom stereocenters. The summed E-state index contributed by atoms with van der Waals surface area (Å²) >= 11 is 6.10. The third-order valence-corrected chi connectivity index (χ3v) is 7.01. The summed E-state index contributed by atoms with van der Waals surface area (Å²) in [6.07, 6.45) is -4.77. The lowest BCUT2D eigenvalue weighted by Gasteiger charge is -2.20. The Kier molecular flexibility index (Phi) is 12.1. The number of alkyl halides is 3. The minimum absolute atomic E-state index is 0.127. The molecule has 1 heterocycles. The number of hydrogen-bond donors (Lipinski definition) is 3. The van der Waals surface area contributed by atoms with Crippen molar-refractivity contribution in [3.05, 3.63) is 70.6 Å². The number of aromatic nitrogens is 2. The summed E-state index contributed by atoms with van der Waals surface area (Å²) in [6, 6.07) is 10.6. The Morgan fingerprint density at radius 1 is 1.07 bits per heavy atom. The maximum atomic E-state index is 12.9. The van der Waals surface area contributed by atoms with Gasteiger partial charge in [-0.25, -0.2) is 9.78 Å². The molecule has 0 fully saturated rings. The Hall–Kier alpha value is -3.77. The summed E-state index contributed by atoms with van der Waals surface area (Å²) in [5.74, 6) is 0.0119. The van der Waals surface area contributed by atoms with E-state index in [-0.39, 0.29) is 41.5 Å². The second-order valence-electron chi connectivity index (χ2n) is 10.6. The highest BCUT2D eigenvalue weighted by Crippen LogP contribution is 2.31. The standard InChI is InChI=1S/C31H38ClF3N4O5/c1-6-39-17-26(38-28(39)19(4)36-30(42)43-18(2)3)22-9-7-21(8-10-22)15-24(13-14-40)37-29(41)23-11-12-27(25(32)16-23)44-20(5)31(33,34)35/h7-12,16-20,24,40H,6,13-15H2,1-5H3,(H,36,42)(H,37,41). The first-order valence-electron chi connectivity index (χ1n) is 14.3. The van der Waals surface area contributed by atoms with E-state index in [1.54, 1.807) is 13.8 Å². The molecule has 9 nitrogen and oxygen atoms in total. The normalized spacial score (nSPS) is 13.7. The number of imidazole rings is 1. The number of alkyl carbamates (subject to hydrolysis) is 1. The molecule has 3 unspecified atom stereocenters. The van der Waals surface area contributed by atoms with Crippen LogP contribution in [0.2, 0.25) is 5.02 Å². The van der Waals surface area contributed by atoms with Crippen LogP contribution in [-0.2, 0) is 17.7 Å². The summed E-state index contributed by atoms with van der Waals surface area (Å²) in [7, 11) is 0. The molecule has 240 valence electrons. The molecule has 13 heteroatoms. The van der Waals surface area contributed by atoms with E-state index >= 15 is 0 Å². The highest BCUT2D eigenvalue weighted by atomic mass is 35.5. The minimum Gasteiger partial charge on any atom is -0.480 e. The second kappa shape index (κ2) is 15.3. The van der Waals surface area contributed by atoms with E-state index in [0.29, 0.717) is 18.8 Å². The van der Waals surface area contributed by atoms with Crippen LogP contribution in [-0.4, -0.2) is 57.7 Å². The fraction of sp³-hybridized carbons (Fsp3) is 0.452. The summed E-state index contributed by atoms with van der Waals surface area (Å²) < 4.78 is 50.5. The molecule has 1 aromatic heterocycles. The lowest BCUT2D eigenvalue weighted by molar-refractivity contribution is -0.189. The first kappa shape index (κ1) is 34.7. The molecule has 0 radical (unpaired) electrons. The van der Waals surface area contributed by atoms with E-state index in [1.807, 2.05) is 48.9 Å². The molecule has 0 bridgehead atoms. The average molecular weight is 639 g/mol. The Labute approximate surface area is 259 Å². The number of carbonyl (C=O) groups is 2. The van der Waals surface area contributed by atoms with Crippen LogP contribution in [0.4, 0.5) is 18.0 Å². The number of ether oxygens (including phenoxy) is 2. The molecule has 0 aliphatic carbocycles. The van der Waals surface area contributed by atoms with Crippen LogP contribution in [0.15, 0.2) is 48.7 Å². The predicted octanol–water partition coefficient (Wildman–Crippen LogP) is 6.47. The zero-order valence-corrected chi connectivity index (χ0v) is 26.0. The van der Waals surface area contributed by atoms with Gasteiger partial charge in [-0.3, -0.25) is 4.79 Å². The molecule has 3 aromatic rings. The van der Waals surface area contributed by atoms with Gasteiger partial charge in [0, 0.05) is 36.5 Å². The Bertz CT molecular complexity index is 1410. The largest absolute Gasteiger partial charge is 0.480 e. The van der Waals surface area contributed by atoms with Crippen LogP contribution in [0, 0.1) is 0 Å². The van der Waals surface area contributed by atoms with Gasteiger partial charge in [0.2, 0.25) is 0 Å². The third kappa shape index (κ3) is 9.62. The number of amides is 2. The molecular weight excluding hydrogens is 601 g/mol. The molecule has 2 amide bonds. The van der Waals surface area contributed by atoms with Crippen molar-refractivity contribution >= 4 is 23.6 Å². The van der Waals surface area contributed by atoms with E-state index < -0.39 is 30.3 Å². The van der Waals surface area contributed by atoms with Crippen molar-refractivity contribution in [2.24, 2.45) is 0 Å². The van der Waals surface area contributed by atoms with Gasteiger partial charge in [-0.1, -0.05) is 35.9 Å². The molecule has 0 spiro atoms. The van der Waals surface area contributed by atoms with Gasteiger partial charge < -0.3 is 29.8 Å². The van der Waals surface area contributed by atoms with E-state index in [1.165, 1.54) is 18.2 Å². The first-order chi connectivity index (χ1) is 20.7. The van der Waals surface area contributed by atoms with Crippen LogP contribution in [0.1, 0.15) is 68.8 Å². The van der Waals surface area contributed by atoms with Crippen molar-refractivity contribution in [3.8, 4) is 17.0 Å². The monoisotopic (exact) mass is 638 g/mol. The van der Waals surface area contributed by atoms with Crippen molar-refractivity contribution in [2.75, 3.05) is 6.61 Å². The van der Waals surface area contributed by atoms with E-state index in [9.17, 15) is 27.9 Å². The number of aliphatic hydroxyl groups is 1. The van der Waals surface area contributed by atoms with Gasteiger partial charge in [0.1, 0.15) is 11.6 Å². The molecular formula is C31H38ClF3N4O5. The van der Waals surface area contributed by atoms with Gasteiger partial charge in [-0.2, -0.15) is 13.2 Å². The fourth-order valence-corrected chi connectivity index (χ4v) is 4.62. The van der Waals surface area contributed by atoms with Gasteiger partial charge in [-0.05, 0) is 71.2 Å².